The highest BCUT2D eigenvalue weighted by molar-refractivity contribution is 9.10. The number of hydrogen-bond acceptors (Lipinski definition) is 4. The number of primary amides is 1. The second kappa shape index (κ2) is 8.38. The number of anilines is 1. The lowest BCUT2D eigenvalue weighted by Crippen LogP contribution is -2.38. The van der Waals surface area contributed by atoms with Crippen molar-refractivity contribution in [1.29, 1.82) is 0 Å². The summed E-state index contributed by atoms with van der Waals surface area (Å²) in [6.45, 7) is 0.466. The van der Waals surface area contributed by atoms with E-state index in [1.165, 1.54) is 0 Å². The number of imide groups is 1. The fraction of sp³-hybridized carbons (Fsp3) is 0.308. The number of rotatable bonds is 6. The SMILES string of the molecule is CN(CCC(=O)NC(N)=O)CC(=O)Nc1ccccc1Br. The molecule has 0 aliphatic rings. The maximum atomic E-state index is 11.8. The van der Waals surface area contributed by atoms with Gasteiger partial charge in [-0.15, -0.1) is 0 Å². The van der Waals surface area contributed by atoms with Crippen LogP contribution in [0.3, 0.4) is 0 Å². The van der Waals surface area contributed by atoms with Gasteiger partial charge in [0.1, 0.15) is 0 Å². The van der Waals surface area contributed by atoms with Crippen LogP contribution in [-0.2, 0) is 9.59 Å². The lowest BCUT2D eigenvalue weighted by atomic mass is 10.3. The third-order valence-corrected chi connectivity index (χ3v) is 3.24. The number of nitrogens with two attached hydrogens (primary N) is 1. The number of carbonyl (C=O) groups excluding carboxylic acids is 3. The fourth-order valence-electron chi connectivity index (χ4n) is 1.57. The van der Waals surface area contributed by atoms with Crippen LogP contribution in [0.5, 0.6) is 0 Å². The van der Waals surface area contributed by atoms with E-state index in [9.17, 15) is 14.4 Å². The predicted octanol–water partition coefficient (Wildman–Crippen LogP) is 0.904. The fourth-order valence-corrected chi connectivity index (χ4v) is 1.95. The van der Waals surface area contributed by atoms with E-state index in [0.29, 0.717) is 12.2 Å². The molecule has 1 aromatic carbocycles. The first kappa shape index (κ1) is 17.1. The highest BCUT2D eigenvalue weighted by atomic mass is 79.9. The summed E-state index contributed by atoms with van der Waals surface area (Å²) in [6.07, 6.45) is 0.0851. The molecule has 114 valence electrons. The highest BCUT2D eigenvalue weighted by Gasteiger charge is 2.10. The number of carbonyl (C=O) groups is 3. The summed E-state index contributed by atoms with van der Waals surface area (Å²) in [7, 11) is 1.71. The summed E-state index contributed by atoms with van der Waals surface area (Å²) in [5, 5.41) is 4.72. The second-order valence-electron chi connectivity index (χ2n) is 4.43. The van der Waals surface area contributed by atoms with Crippen molar-refractivity contribution >= 4 is 39.5 Å². The van der Waals surface area contributed by atoms with Crippen LogP contribution in [0.1, 0.15) is 6.42 Å². The Morgan fingerprint density at radius 3 is 2.52 bits per heavy atom. The lowest BCUT2D eigenvalue weighted by Gasteiger charge is -2.16. The van der Waals surface area contributed by atoms with Crippen molar-refractivity contribution in [3.8, 4) is 0 Å². The number of likely N-dealkylation sites (N-methyl/N-ethyl adjacent to an activating group) is 1. The molecule has 0 aliphatic heterocycles. The van der Waals surface area contributed by atoms with Gasteiger partial charge >= 0.3 is 6.03 Å². The number of hydrogen-bond donors (Lipinski definition) is 3. The van der Waals surface area contributed by atoms with Gasteiger partial charge < -0.3 is 11.1 Å². The minimum atomic E-state index is -0.880. The first-order chi connectivity index (χ1) is 9.88. The van der Waals surface area contributed by atoms with Crippen LogP contribution in [0.25, 0.3) is 0 Å². The maximum absolute atomic E-state index is 11.8. The summed E-state index contributed by atoms with van der Waals surface area (Å²) in [4.78, 5) is 35.2. The number of nitrogens with one attached hydrogen (secondary N) is 2. The van der Waals surface area contributed by atoms with Gasteiger partial charge in [0, 0.05) is 17.4 Å². The van der Waals surface area contributed by atoms with Crippen LogP contribution in [0.2, 0.25) is 0 Å². The molecule has 0 saturated carbocycles. The Morgan fingerprint density at radius 2 is 1.90 bits per heavy atom. The monoisotopic (exact) mass is 356 g/mol. The Kier molecular flexibility index (Phi) is 6.83. The Morgan fingerprint density at radius 1 is 1.24 bits per heavy atom. The van der Waals surface area contributed by atoms with Gasteiger partial charge in [0.2, 0.25) is 11.8 Å². The van der Waals surface area contributed by atoms with Crippen LogP contribution >= 0.6 is 15.9 Å². The van der Waals surface area contributed by atoms with E-state index in [1.807, 2.05) is 23.5 Å². The summed E-state index contributed by atoms with van der Waals surface area (Å²) < 4.78 is 0.793. The molecule has 1 aromatic rings. The van der Waals surface area contributed by atoms with Crippen LogP contribution in [0.4, 0.5) is 10.5 Å². The maximum Gasteiger partial charge on any atom is 0.318 e. The first-order valence-corrected chi connectivity index (χ1v) is 7.00. The Labute approximate surface area is 131 Å². The minimum Gasteiger partial charge on any atom is -0.351 e. The molecule has 0 unspecified atom stereocenters. The van der Waals surface area contributed by atoms with E-state index in [4.69, 9.17) is 5.73 Å². The van der Waals surface area contributed by atoms with Crippen LogP contribution in [0.15, 0.2) is 28.7 Å². The van der Waals surface area contributed by atoms with Gasteiger partial charge in [0.25, 0.3) is 0 Å². The van der Waals surface area contributed by atoms with Crippen molar-refractivity contribution in [1.82, 2.24) is 10.2 Å². The number of halogens is 1. The van der Waals surface area contributed by atoms with E-state index >= 15 is 0 Å². The van der Waals surface area contributed by atoms with Gasteiger partial charge in [0.15, 0.2) is 0 Å². The quantitative estimate of drug-likeness (QED) is 0.704. The largest absolute Gasteiger partial charge is 0.351 e. The molecule has 0 fully saturated rings. The summed E-state index contributed by atoms with van der Waals surface area (Å²) >= 11 is 3.34. The number of benzene rings is 1. The van der Waals surface area contributed by atoms with E-state index < -0.39 is 11.9 Å². The van der Waals surface area contributed by atoms with Gasteiger partial charge in [-0.1, -0.05) is 12.1 Å². The molecule has 0 atom stereocenters. The standard InChI is InChI=1S/C13H17BrN4O3/c1-18(7-6-11(19)17-13(15)21)8-12(20)16-10-5-3-2-4-9(10)14/h2-5H,6-8H2,1H3,(H,16,20)(H3,15,17,19,21). The molecular weight excluding hydrogens is 340 g/mol. The van der Waals surface area contributed by atoms with Crippen LogP contribution < -0.4 is 16.4 Å². The number of nitrogens with zero attached hydrogens (tertiary/aromatic N) is 1. The van der Waals surface area contributed by atoms with E-state index in [2.05, 4.69) is 21.2 Å². The smallest absolute Gasteiger partial charge is 0.318 e. The zero-order valence-corrected chi connectivity index (χ0v) is 13.1. The van der Waals surface area contributed by atoms with Gasteiger partial charge in [-0.05, 0) is 35.1 Å². The Bertz CT molecular complexity index is 536. The zero-order chi connectivity index (χ0) is 15.8. The van der Waals surface area contributed by atoms with Crippen molar-refractivity contribution in [2.24, 2.45) is 5.73 Å². The van der Waals surface area contributed by atoms with E-state index in [-0.39, 0.29) is 18.9 Å². The number of para-hydroxylation sites is 1. The molecular formula is C13H17BrN4O3. The molecule has 0 spiro atoms. The molecule has 0 aliphatic carbocycles. The Hall–Kier alpha value is -1.93. The first-order valence-electron chi connectivity index (χ1n) is 6.20. The van der Waals surface area contributed by atoms with Crippen molar-refractivity contribution < 1.29 is 14.4 Å². The highest BCUT2D eigenvalue weighted by Crippen LogP contribution is 2.20. The van der Waals surface area contributed by atoms with Crippen molar-refractivity contribution in [2.75, 3.05) is 25.5 Å². The molecule has 8 heteroatoms. The van der Waals surface area contributed by atoms with Gasteiger partial charge in [-0.2, -0.15) is 0 Å². The summed E-state index contributed by atoms with van der Waals surface area (Å²) in [5.41, 5.74) is 5.51. The Balaban J connectivity index is 2.36. The van der Waals surface area contributed by atoms with Crippen LogP contribution in [0, 0.1) is 0 Å². The molecule has 0 aromatic heterocycles. The molecule has 21 heavy (non-hydrogen) atoms. The zero-order valence-electron chi connectivity index (χ0n) is 11.6. The predicted molar refractivity (Wildman–Crippen MR) is 82.6 cm³/mol. The molecule has 0 radical (unpaired) electrons. The summed E-state index contributed by atoms with van der Waals surface area (Å²) in [6, 6.07) is 6.39. The van der Waals surface area contributed by atoms with E-state index in [0.717, 1.165) is 4.47 Å². The second-order valence-corrected chi connectivity index (χ2v) is 5.28. The molecule has 4 amide bonds. The third kappa shape index (κ3) is 6.87. The molecule has 0 heterocycles. The molecule has 0 saturated heterocycles. The van der Waals surface area contributed by atoms with Crippen molar-refractivity contribution in [3.05, 3.63) is 28.7 Å². The van der Waals surface area contributed by atoms with Gasteiger partial charge in [0.05, 0.1) is 12.2 Å². The average Bonchev–Trinajstić information content (AvgIpc) is 2.38. The number of urea groups is 1. The molecule has 7 nitrogen and oxygen atoms in total. The molecule has 1 rings (SSSR count). The molecule has 4 N–H and O–H groups in total. The lowest BCUT2D eigenvalue weighted by molar-refractivity contribution is -0.121. The van der Waals surface area contributed by atoms with Gasteiger partial charge in [-0.25, -0.2) is 4.79 Å². The minimum absolute atomic E-state index is 0.0851. The van der Waals surface area contributed by atoms with Gasteiger partial charge in [-0.3, -0.25) is 19.8 Å². The van der Waals surface area contributed by atoms with Crippen molar-refractivity contribution in [2.45, 2.75) is 6.42 Å². The summed E-state index contributed by atoms with van der Waals surface area (Å²) in [5.74, 6) is -0.666. The van der Waals surface area contributed by atoms with E-state index in [1.54, 1.807) is 18.0 Å². The average molecular weight is 357 g/mol. The normalized spacial score (nSPS) is 10.2. The molecule has 0 bridgehead atoms. The third-order valence-electron chi connectivity index (χ3n) is 2.54. The van der Waals surface area contributed by atoms with Crippen LogP contribution in [-0.4, -0.2) is 42.9 Å². The topological polar surface area (TPSA) is 105 Å². The number of amides is 4. The van der Waals surface area contributed by atoms with Crippen molar-refractivity contribution in [3.63, 3.8) is 0 Å².